The van der Waals surface area contributed by atoms with Gasteiger partial charge >= 0.3 is 0 Å². The molecule has 1 N–H and O–H groups in total. The molecule has 1 saturated carbocycles. The second-order valence-electron chi connectivity index (χ2n) is 5.23. The smallest absolute Gasteiger partial charge is 0.261 e. The minimum Gasteiger partial charge on any atom is -0.352 e. The van der Waals surface area contributed by atoms with Crippen LogP contribution in [0.4, 0.5) is 0 Å². The zero-order chi connectivity index (χ0) is 15.8. The molecule has 0 bridgehead atoms. The van der Waals surface area contributed by atoms with E-state index >= 15 is 0 Å². The normalized spacial score (nSPS) is 16.6. The summed E-state index contributed by atoms with van der Waals surface area (Å²) in [5, 5.41) is 2.95. The zero-order valence-electron chi connectivity index (χ0n) is 11.2. The topological polar surface area (TPSA) is 63.2 Å². The number of carbonyl (C=O) groups excluding carboxylic acids is 1. The van der Waals surface area contributed by atoms with E-state index in [0.717, 1.165) is 0 Å². The van der Waals surface area contributed by atoms with Crippen LogP contribution in [0.25, 0.3) is 0 Å². The average molecular weight is 415 g/mol. The Hall–Kier alpha value is -0.300. The van der Waals surface area contributed by atoms with E-state index in [1.54, 1.807) is 0 Å². The number of nitrogens with one attached hydrogen (secondary N) is 1. The van der Waals surface area contributed by atoms with Gasteiger partial charge in [0.05, 0.1) is 15.5 Å². The van der Waals surface area contributed by atoms with Crippen LogP contribution in [0.2, 0.25) is 5.02 Å². The fourth-order valence-electron chi connectivity index (χ4n) is 2.05. The molecule has 2 rings (SSSR count). The summed E-state index contributed by atoms with van der Waals surface area (Å²) in [7, 11) is 1.38. The molecule has 1 fully saturated rings. The minimum absolute atomic E-state index is 0.0910. The van der Waals surface area contributed by atoms with Crippen molar-refractivity contribution in [3.63, 3.8) is 0 Å². The molecular formula is C13H14BrCl2NO3S. The number of hydrogen-bond donors (Lipinski definition) is 1. The van der Waals surface area contributed by atoms with Crippen molar-refractivity contribution in [3.8, 4) is 0 Å². The van der Waals surface area contributed by atoms with Gasteiger partial charge in [-0.3, -0.25) is 4.79 Å². The molecule has 1 aromatic carbocycles. The molecule has 0 spiro atoms. The Morgan fingerprint density at radius 1 is 1.48 bits per heavy atom. The van der Waals surface area contributed by atoms with E-state index in [9.17, 15) is 13.2 Å². The third-order valence-corrected chi connectivity index (χ3v) is 6.13. The molecule has 116 valence electrons. The first kappa shape index (κ1) is 17.1. The highest BCUT2D eigenvalue weighted by Crippen LogP contribution is 2.36. The summed E-state index contributed by atoms with van der Waals surface area (Å²) in [4.78, 5) is 12.0. The summed E-state index contributed by atoms with van der Waals surface area (Å²) < 4.78 is 23.1. The van der Waals surface area contributed by atoms with E-state index < -0.39 is 15.0 Å². The number of benzene rings is 1. The Balaban J connectivity index is 2.21. The van der Waals surface area contributed by atoms with E-state index in [2.05, 4.69) is 28.2 Å². The van der Waals surface area contributed by atoms with Gasteiger partial charge in [-0.2, -0.15) is 0 Å². The maximum absolute atomic E-state index is 12.2. The fraction of sp³-hybridized carbons (Fsp3) is 0.462. The highest BCUT2D eigenvalue weighted by Gasteiger charge is 2.28. The predicted octanol–water partition coefficient (Wildman–Crippen LogP) is 3.81. The number of amides is 1. The van der Waals surface area contributed by atoms with Crippen LogP contribution in [0.3, 0.4) is 0 Å². The van der Waals surface area contributed by atoms with E-state index in [0.29, 0.717) is 22.9 Å². The first-order valence-electron chi connectivity index (χ1n) is 6.42. The first-order chi connectivity index (χ1) is 9.70. The maximum atomic E-state index is 12.2. The number of halogens is 3. The van der Waals surface area contributed by atoms with E-state index in [1.165, 1.54) is 25.0 Å². The van der Waals surface area contributed by atoms with Crippen molar-refractivity contribution in [2.45, 2.75) is 24.7 Å². The van der Waals surface area contributed by atoms with E-state index in [1.807, 2.05) is 0 Å². The third kappa shape index (κ3) is 4.34. The summed E-state index contributed by atoms with van der Waals surface area (Å²) in [6.45, 7) is 2.62. The molecule has 0 radical (unpaired) electrons. The largest absolute Gasteiger partial charge is 0.352 e. The van der Waals surface area contributed by atoms with Crippen molar-refractivity contribution in [2.24, 2.45) is 11.8 Å². The lowest BCUT2D eigenvalue weighted by Gasteiger charge is -2.13. The van der Waals surface area contributed by atoms with Gasteiger partial charge in [-0.1, -0.05) is 18.5 Å². The molecule has 1 aliphatic rings. The lowest BCUT2D eigenvalue weighted by molar-refractivity contribution is 0.0946. The molecule has 0 aliphatic heterocycles. The second-order valence-corrected chi connectivity index (χ2v) is 9.03. The van der Waals surface area contributed by atoms with Gasteiger partial charge < -0.3 is 5.32 Å². The number of rotatable bonds is 5. The molecule has 1 unspecified atom stereocenters. The van der Waals surface area contributed by atoms with E-state index in [-0.39, 0.29) is 15.5 Å². The van der Waals surface area contributed by atoms with Gasteiger partial charge in [0.2, 0.25) is 0 Å². The predicted molar refractivity (Wildman–Crippen MR) is 86.4 cm³/mol. The standard InChI is InChI=1S/C13H14BrCl2NO3S/c1-7(8-2-3-8)6-17-13(18)10-4-9(21(16,19)20)5-11(14)12(10)15/h4-5,7-8H,2-3,6H2,1H3,(H,17,18). The van der Waals surface area contributed by atoms with Crippen LogP contribution in [0, 0.1) is 11.8 Å². The molecule has 8 heteroatoms. The fourth-order valence-corrected chi connectivity index (χ4v) is 3.64. The zero-order valence-corrected chi connectivity index (χ0v) is 15.1. The molecule has 0 heterocycles. The van der Waals surface area contributed by atoms with Crippen molar-refractivity contribution in [3.05, 3.63) is 27.2 Å². The van der Waals surface area contributed by atoms with Crippen LogP contribution in [-0.4, -0.2) is 20.9 Å². The van der Waals surface area contributed by atoms with Crippen molar-refractivity contribution < 1.29 is 13.2 Å². The molecular weight excluding hydrogens is 401 g/mol. The summed E-state index contributed by atoms with van der Waals surface area (Å²) in [6, 6.07) is 2.46. The van der Waals surface area contributed by atoms with Crippen LogP contribution < -0.4 is 5.32 Å². The lowest BCUT2D eigenvalue weighted by atomic mass is 10.1. The van der Waals surface area contributed by atoms with Gasteiger partial charge in [0, 0.05) is 21.7 Å². The van der Waals surface area contributed by atoms with Crippen LogP contribution in [0.15, 0.2) is 21.5 Å². The summed E-state index contributed by atoms with van der Waals surface area (Å²) >= 11 is 9.19. The maximum Gasteiger partial charge on any atom is 0.261 e. The SMILES string of the molecule is CC(CNC(=O)c1cc(S(=O)(=O)Cl)cc(Br)c1Cl)C1CC1. The van der Waals surface area contributed by atoms with E-state index in [4.69, 9.17) is 22.3 Å². The molecule has 0 saturated heterocycles. The van der Waals surface area contributed by atoms with Crippen molar-refractivity contribution >= 4 is 53.2 Å². The Bertz CT molecular complexity index is 674. The monoisotopic (exact) mass is 413 g/mol. The molecule has 21 heavy (non-hydrogen) atoms. The summed E-state index contributed by atoms with van der Waals surface area (Å²) in [5.74, 6) is 0.661. The van der Waals surface area contributed by atoms with Gasteiger partial charge in [-0.05, 0) is 52.7 Å². The van der Waals surface area contributed by atoms with Gasteiger partial charge in [0.25, 0.3) is 15.0 Å². The van der Waals surface area contributed by atoms with Crippen LogP contribution in [0.1, 0.15) is 30.1 Å². The second kappa shape index (κ2) is 6.44. The molecule has 1 aliphatic carbocycles. The Labute approximate surface area is 141 Å². The number of carbonyl (C=O) groups is 1. The van der Waals surface area contributed by atoms with Gasteiger partial charge in [-0.25, -0.2) is 8.42 Å². The molecule has 1 amide bonds. The average Bonchev–Trinajstić information content (AvgIpc) is 3.21. The van der Waals surface area contributed by atoms with Crippen LogP contribution in [0.5, 0.6) is 0 Å². The first-order valence-corrected chi connectivity index (χ1v) is 9.90. The molecule has 0 aromatic heterocycles. The Morgan fingerprint density at radius 2 is 2.10 bits per heavy atom. The Kier molecular flexibility index (Phi) is 5.23. The highest BCUT2D eigenvalue weighted by atomic mass is 79.9. The lowest BCUT2D eigenvalue weighted by Crippen LogP contribution is -2.29. The number of hydrogen-bond acceptors (Lipinski definition) is 3. The summed E-state index contributed by atoms with van der Waals surface area (Å²) in [6.07, 6.45) is 2.40. The quantitative estimate of drug-likeness (QED) is 0.745. The van der Waals surface area contributed by atoms with Crippen molar-refractivity contribution in [1.29, 1.82) is 0 Å². The van der Waals surface area contributed by atoms with Crippen LogP contribution >= 0.6 is 38.2 Å². The van der Waals surface area contributed by atoms with Gasteiger partial charge in [-0.15, -0.1) is 0 Å². The molecule has 4 nitrogen and oxygen atoms in total. The molecule has 1 atom stereocenters. The Morgan fingerprint density at radius 3 is 2.62 bits per heavy atom. The molecule has 1 aromatic rings. The summed E-state index contributed by atoms with van der Waals surface area (Å²) in [5.41, 5.74) is 0.0910. The third-order valence-electron chi connectivity index (χ3n) is 3.54. The van der Waals surface area contributed by atoms with Crippen LogP contribution in [-0.2, 0) is 9.05 Å². The van der Waals surface area contributed by atoms with Crippen molar-refractivity contribution in [1.82, 2.24) is 5.32 Å². The van der Waals surface area contributed by atoms with Crippen molar-refractivity contribution in [2.75, 3.05) is 6.54 Å². The van der Waals surface area contributed by atoms with Gasteiger partial charge in [0.1, 0.15) is 0 Å². The minimum atomic E-state index is -3.93. The highest BCUT2D eigenvalue weighted by molar-refractivity contribution is 9.10. The van der Waals surface area contributed by atoms with Gasteiger partial charge in [0.15, 0.2) is 0 Å².